The number of imide groups is 1. The molecule has 1 atom stereocenters. The third-order valence-corrected chi connectivity index (χ3v) is 5.42. The molecular weight excluding hydrogens is 440 g/mol. The average Bonchev–Trinajstić information content (AvgIpc) is 3.09. The van der Waals surface area contributed by atoms with Crippen LogP contribution in [0.5, 0.6) is 0 Å². The first-order chi connectivity index (χ1) is 16.2. The average molecular weight is 458 g/mol. The fourth-order valence-electron chi connectivity index (χ4n) is 3.66. The maximum atomic E-state index is 12.9. The van der Waals surface area contributed by atoms with Gasteiger partial charge in [-0.1, -0.05) is 42.0 Å². The van der Waals surface area contributed by atoms with Crippen LogP contribution in [0.4, 0.5) is 11.4 Å². The van der Waals surface area contributed by atoms with E-state index in [1.807, 2.05) is 6.92 Å². The van der Waals surface area contributed by atoms with E-state index >= 15 is 0 Å². The van der Waals surface area contributed by atoms with Crippen LogP contribution in [0.1, 0.15) is 53.9 Å². The Kier molecular flexibility index (Phi) is 5.77. The number of Topliss-reactive ketones (excluding diaryl/α,β-unsaturated/α-hetero) is 1. The molecule has 0 aliphatic carbocycles. The molecule has 9 nitrogen and oxygen atoms in total. The van der Waals surface area contributed by atoms with Crippen LogP contribution < -0.4 is 4.90 Å². The summed E-state index contributed by atoms with van der Waals surface area (Å²) in [5, 5.41) is 11.3. The standard InChI is InChI=1S/C25H18N2O7/c1-14-9-11-16(12-10-14)22(28)15(2)34-25(31)17-5-3-6-18(13-17)26-23(29)19-7-4-8-20(27(32)33)21(19)24(26)30/h3-13,15H,1-2H3/t15-/m0/s1. The number of nitro groups is 1. The number of benzene rings is 3. The number of hydrogen-bond donors (Lipinski definition) is 0. The monoisotopic (exact) mass is 458 g/mol. The summed E-state index contributed by atoms with van der Waals surface area (Å²) in [7, 11) is 0. The lowest BCUT2D eigenvalue weighted by Gasteiger charge is -2.16. The van der Waals surface area contributed by atoms with Crippen molar-refractivity contribution in [3.8, 4) is 0 Å². The third-order valence-electron chi connectivity index (χ3n) is 5.42. The van der Waals surface area contributed by atoms with Crippen LogP contribution in [-0.2, 0) is 4.74 Å². The van der Waals surface area contributed by atoms with Crippen LogP contribution in [0.2, 0.25) is 0 Å². The Bertz CT molecular complexity index is 1360. The van der Waals surface area contributed by atoms with E-state index in [9.17, 15) is 29.3 Å². The second kappa shape index (κ2) is 8.70. The molecule has 0 bridgehead atoms. The third kappa shape index (κ3) is 3.95. The van der Waals surface area contributed by atoms with E-state index in [-0.39, 0.29) is 28.2 Å². The summed E-state index contributed by atoms with van der Waals surface area (Å²) in [6.07, 6.45) is -1.07. The number of anilines is 1. The van der Waals surface area contributed by atoms with Gasteiger partial charge in [-0.3, -0.25) is 24.5 Å². The van der Waals surface area contributed by atoms with Gasteiger partial charge in [-0.15, -0.1) is 0 Å². The highest BCUT2D eigenvalue weighted by molar-refractivity contribution is 6.35. The van der Waals surface area contributed by atoms with Crippen LogP contribution in [0.25, 0.3) is 0 Å². The van der Waals surface area contributed by atoms with Crippen molar-refractivity contribution in [2.24, 2.45) is 0 Å². The van der Waals surface area contributed by atoms with Gasteiger partial charge in [-0.05, 0) is 38.1 Å². The Morgan fingerprint density at radius 2 is 1.62 bits per heavy atom. The van der Waals surface area contributed by atoms with E-state index in [1.54, 1.807) is 24.3 Å². The summed E-state index contributed by atoms with van der Waals surface area (Å²) in [6.45, 7) is 3.34. The molecule has 0 saturated heterocycles. The Balaban J connectivity index is 1.57. The predicted molar refractivity (Wildman–Crippen MR) is 121 cm³/mol. The number of rotatable bonds is 6. The number of hydrogen-bond acceptors (Lipinski definition) is 7. The molecular formula is C25H18N2O7. The van der Waals surface area contributed by atoms with Crippen LogP contribution >= 0.6 is 0 Å². The second-order valence-corrected chi connectivity index (χ2v) is 7.73. The molecule has 0 spiro atoms. The van der Waals surface area contributed by atoms with Gasteiger partial charge in [0.2, 0.25) is 5.78 Å². The van der Waals surface area contributed by atoms with Crippen molar-refractivity contribution in [3.63, 3.8) is 0 Å². The summed E-state index contributed by atoms with van der Waals surface area (Å²) in [4.78, 5) is 62.3. The molecule has 34 heavy (non-hydrogen) atoms. The number of ketones is 1. The Hall–Kier alpha value is -4.66. The van der Waals surface area contributed by atoms with Gasteiger partial charge < -0.3 is 4.74 Å². The van der Waals surface area contributed by atoms with Crippen LogP contribution in [0, 0.1) is 17.0 Å². The number of amides is 2. The van der Waals surface area contributed by atoms with Gasteiger partial charge >= 0.3 is 5.97 Å². The molecule has 2 amide bonds. The quantitative estimate of drug-likeness (QED) is 0.179. The highest BCUT2D eigenvalue weighted by Gasteiger charge is 2.42. The van der Waals surface area contributed by atoms with E-state index in [0.29, 0.717) is 5.56 Å². The summed E-state index contributed by atoms with van der Waals surface area (Å²) in [5.74, 6) is -2.80. The van der Waals surface area contributed by atoms with Crippen LogP contribution in [0.15, 0.2) is 66.7 Å². The molecule has 0 fully saturated rings. The lowest BCUT2D eigenvalue weighted by molar-refractivity contribution is -0.385. The molecule has 0 saturated carbocycles. The minimum Gasteiger partial charge on any atom is -0.451 e. The number of carbonyl (C=O) groups excluding carboxylic acids is 4. The van der Waals surface area contributed by atoms with Gasteiger partial charge in [0, 0.05) is 11.6 Å². The lowest BCUT2D eigenvalue weighted by Crippen LogP contribution is -2.30. The summed E-state index contributed by atoms with van der Waals surface area (Å²) < 4.78 is 5.30. The summed E-state index contributed by atoms with van der Waals surface area (Å²) in [5.41, 5.74) is 0.563. The van der Waals surface area contributed by atoms with Crippen molar-refractivity contribution in [3.05, 3.63) is 105 Å². The van der Waals surface area contributed by atoms with Crippen LogP contribution in [-0.4, -0.2) is 34.6 Å². The lowest BCUT2D eigenvalue weighted by atomic mass is 10.1. The minimum absolute atomic E-state index is 0.00659. The fourth-order valence-corrected chi connectivity index (χ4v) is 3.66. The fraction of sp³-hybridized carbons (Fsp3) is 0.120. The molecule has 0 unspecified atom stereocenters. The van der Waals surface area contributed by atoms with Gasteiger partial charge in [0.05, 0.1) is 21.7 Å². The van der Waals surface area contributed by atoms with Gasteiger partial charge in [0.25, 0.3) is 17.5 Å². The number of carbonyl (C=O) groups is 4. The smallest absolute Gasteiger partial charge is 0.338 e. The first-order valence-electron chi connectivity index (χ1n) is 10.3. The maximum Gasteiger partial charge on any atom is 0.338 e. The zero-order valence-electron chi connectivity index (χ0n) is 18.2. The van der Waals surface area contributed by atoms with Crippen molar-refractivity contribution in [2.75, 3.05) is 4.90 Å². The molecule has 0 radical (unpaired) electrons. The van der Waals surface area contributed by atoms with E-state index in [1.165, 1.54) is 43.3 Å². The predicted octanol–water partition coefficient (Wildman–Crippen LogP) is 4.13. The van der Waals surface area contributed by atoms with Crippen molar-refractivity contribution < 1.29 is 28.8 Å². The highest BCUT2D eigenvalue weighted by atomic mass is 16.6. The highest BCUT2D eigenvalue weighted by Crippen LogP contribution is 2.34. The molecule has 0 aromatic heterocycles. The Morgan fingerprint density at radius 3 is 2.29 bits per heavy atom. The van der Waals surface area contributed by atoms with Gasteiger partial charge in [0.15, 0.2) is 6.10 Å². The van der Waals surface area contributed by atoms with Crippen molar-refractivity contribution in [2.45, 2.75) is 20.0 Å². The second-order valence-electron chi connectivity index (χ2n) is 7.73. The first kappa shape index (κ1) is 22.5. The SMILES string of the molecule is Cc1ccc(C(=O)[C@H](C)OC(=O)c2cccc(N3C(=O)c4cccc([N+](=O)[O-])c4C3=O)c2)cc1. The minimum atomic E-state index is -1.07. The Morgan fingerprint density at radius 1 is 0.941 bits per heavy atom. The molecule has 170 valence electrons. The van der Waals surface area contributed by atoms with Crippen molar-refractivity contribution in [1.82, 2.24) is 0 Å². The number of ether oxygens (including phenoxy) is 1. The molecule has 3 aromatic carbocycles. The molecule has 9 heteroatoms. The van der Waals surface area contributed by atoms with Gasteiger partial charge in [-0.2, -0.15) is 0 Å². The van der Waals surface area contributed by atoms with E-state index in [2.05, 4.69) is 0 Å². The normalized spacial score (nSPS) is 13.4. The summed E-state index contributed by atoms with van der Waals surface area (Å²) in [6, 6.07) is 16.2. The number of esters is 1. The van der Waals surface area contributed by atoms with E-state index < -0.39 is 34.5 Å². The number of fused-ring (bicyclic) bond motifs is 1. The maximum absolute atomic E-state index is 12.9. The molecule has 3 aromatic rings. The molecule has 1 aliphatic heterocycles. The largest absolute Gasteiger partial charge is 0.451 e. The molecule has 1 aliphatic rings. The number of nitrogens with zero attached hydrogens (tertiary/aromatic N) is 2. The van der Waals surface area contributed by atoms with E-state index in [0.717, 1.165) is 16.5 Å². The number of nitro benzene ring substituents is 1. The van der Waals surface area contributed by atoms with Gasteiger partial charge in [-0.25, -0.2) is 9.69 Å². The van der Waals surface area contributed by atoms with Crippen molar-refractivity contribution in [1.29, 1.82) is 0 Å². The molecule has 1 heterocycles. The number of aryl methyl sites for hydroxylation is 1. The Labute approximate surface area is 193 Å². The van der Waals surface area contributed by atoms with E-state index in [4.69, 9.17) is 4.74 Å². The zero-order valence-corrected chi connectivity index (χ0v) is 18.2. The zero-order chi connectivity index (χ0) is 24.6. The van der Waals surface area contributed by atoms with Crippen molar-refractivity contribution >= 4 is 34.9 Å². The molecule has 0 N–H and O–H groups in total. The van der Waals surface area contributed by atoms with Gasteiger partial charge in [0.1, 0.15) is 5.56 Å². The summed E-state index contributed by atoms with van der Waals surface area (Å²) >= 11 is 0. The topological polar surface area (TPSA) is 124 Å². The molecule has 4 rings (SSSR count). The first-order valence-corrected chi connectivity index (χ1v) is 10.3. The van der Waals surface area contributed by atoms with Crippen LogP contribution in [0.3, 0.4) is 0 Å².